The van der Waals surface area contributed by atoms with E-state index in [9.17, 15) is 4.79 Å². The Hall–Kier alpha value is -1.51. The van der Waals surface area contributed by atoms with E-state index in [0.717, 1.165) is 30.2 Å². The molecule has 0 N–H and O–H groups in total. The van der Waals surface area contributed by atoms with Gasteiger partial charge in [0.1, 0.15) is 11.5 Å². The molecule has 2 aliphatic heterocycles. The first-order chi connectivity index (χ1) is 13.9. The molecule has 2 heterocycles. The number of hydrogen-bond acceptors (Lipinski definition) is 3. The van der Waals surface area contributed by atoms with Gasteiger partial charge in [-0.1, -0.05) is 29.8 Å². The maximum Gasteiger partial charge on any atom is 0.414 e. The van der Waals surface area contributed by atoms with Crippen molar-refractivity contribution in [3.05, 3.63) is 58.6 Å². The van der Waals surface area contributed by atoms with Crippen molar-refractivity contribution >= 4 is 17.7 Å². The molecule has 0 spiro atoms. The monoisotopic (exact) mass is 542 g/mol. The van der Waals surface area contributed by atoms with E-state index in [1.165, 1.54) is 5.56 Å². The predicted octanol–water partition coefficient (Wildman–Crippen LogP) is 2.21. The van der Waals surface area contributed by atoms with E-state index in [4.69, 9.17) is 21.1 Å². The molecular weight excluding hydrogens is 515 g/mol. The molecule has 7 heteroatoms. The quantitative estimate of drug-likeness (QED) is 0.439. The number of rotatable bonds is 4. The Bertz CT molecular complexity index is 921. The summed E-state index contributed by atoms with van der Waals surface area (Å²) >= 11 is 6.34. The van der Waals surface area contributed by atoms with E-state index in [-0.39, 0.29) is 41.9 Å². The van der Waals surface area contributed by atoms with E-state index in [0.29, 0.717) is 29.3 Å². The van der Waals surface area contributed by atoms with Gasteiger partial charge in [-0.2, -0.15) is 0 Å². The van der Waals surface area contributed by atoms with Crippen LogP contribution in [-0.4, -0.2) is 55.4 Å². The van der Waals surface area contributed by atoms with Gasteiger partial charge in [-0.05, 0) is 38.1 Å². The number of benzene rings is 2. The van der Waals surface area contributed by atoms with Gasteiger partial charge in [0.05, 0.1) is 20.1 Å². The first-order valence-electron chi connectivity index (χ1n) is 10.3. The topological polar surface area (TPSA) is 38.8 Å². The number of fused-ring (bicyclic) bond motifs is 5. The van der Waals surface area contributed by atoms with Crippen LogP contribution in [0.5, 0.6) is 11.5 Å². The largest absolute Gasteiger partial charge is 1.00 e. The Morgan fingerprint density at radius 2 is 1.73 bits per heavy atom. The molecule has 2 aromatic rings. The summed E-state index contributed by atoms with van der Waals surface area (Å²) in [6, 6.07) is 14.1. The Morgan fingerprint density at radius 1 is 1.10 bits per heavy atom. The molecule has 5 nitrogen and oxygen atoms in total. The highest BCUT2D eigenvalue weighted by Gasteiger charge is 2.48. The highest BCUT2D eigenvalue weighted by molar-refractivity contribution is 6.30. The summed E-state index contributed by atoms with van der Waals surface area (Å²) < 4.78 is 12.6. The molecule has 1 amide bonds. The fourth-order valence-electron chi connectivity index (χ4n) is 4.70. The molecule has 1 fully saturated rings. The van der Waals surface area contributed by atoms with Crippen LogP contribution in [0.1, 0.15) is 36.8 Å². The highest BCUT2D eigenvalue weighted by Crippen LogP contribution is 2.51. The van der Waals surface area contributed by atoms with E-state index in [1.54, 1.807) is 4.90 Å². The van der Waals surface area contributed by atoms with Crippen LogP contribution >= 0.6 is 11.6 Å². The molecule has 0 aliphatic carbocycles. The molecule has 162 valence electrons. The van der Waals surface area contributed by atoms with Crippen LogP contribution in [0.25, 0.3) is 0 Å². The summed E-state index contributed by atoms with van der Waals surface area (Å²) in [4.78, 5) is 14.1. The number of hydrogen-bond donors (Lipinski definition) is 0. The third-order valence-electron chi connectivity index (χ3n) is 6.19. The van der Waals surface area contributed by atoms with E-state index >= 15 is 0 Å². The molecule has 3 atom stereocenters. The number of quaternary nitrogens is 1. The van der Waals surface area contributed by atoms with Gasteiger partial charge in [0.25, 0.3) is 0 Å². The van der Waals surface area contributed by atoms with Crippen molar-refractivity contribution in [2.75, 3.05) is 40.0 Å². The zero-order valence-corrected chi connectivity index (χ0v) is 20.5. The second-order valence-corrected chi connectivity index (χ2v) is 8.67. The number of likely N-dealkylation sites (N-methyl/N-ethyl adjacent to an activating group) is 1. The second-order valence-electron chi connectivity index (χ2n) is 8.23. The minimum atomic E-state index is -0.242. The normalized spacial score (nSPS) is 23.7. The van der Waals surface area contributed by atoms with Gasteiger partial charge in [-0.25, -0.2) is 4.79 Å². The summed E-state index contributed by atoms with van der Waals surface area (Å²) in [6.07, 6.45) is -0.242. The van der Waals surface area contributed by atoms with Crippen molar-refractivity contribution < 1.29 is 42.7 Å². The fraction of sp³-hybridized carbons (Fsp3) is 0.435. The molecule has 2 aromatic carbocycles. The zero-order chi connectivity index (χ0) is 20.6. The van der Waals surface area contributed by atoms with Gasteiger partial charge in [-0.15, -0.1) is 0 Å². The van der Waals surface area contributed by atoms with Gasteiger partial charge in [0, 0.05) is 41.1 Å². The maximum absolute atomic E-state index is 12.4. The average Bonchev–Trinajstić information content (AvgIpc) is 3.01. The average molecular weight is 543 g/mol. The Balaban J connectivity index is 0.00000256. The lowest BCUT2D eigenvalue weighted by molar-refractivity contribution is -0.915. The lowest BCUT2D eigenvalue weighted by Crippen LogP contribution is -3.00. The van der Waals surface area contributed by atoms with Gasteiger partial charge in [0.2, 0.25) is 6.73 Å². The van der Waals surface area contributed by atoms with Crippen LogP contribution in [0.15, 0.2) is 42.5 Å². The van der Waals surface area contributed by atoms with Crippen molar-refractivity contribution in [1.29, 1.82) is 0 Å². The summed E-state index contributed by atoms with van der Waals surface area (Å²) in [5, 5.41) is 0.714. The Labute approximate surface area is 200 Å². The van der Waals surface area contributed by atoms with E-state index < -0.39 is 0 Å². The number of ether oxygens (including phenoxy) is 2. The van der Waals surface area contributed by atoms with Crippen LogP contribution in [0.4, 0.5) is 4.79 Å². The Morgan fingerprint density at radius 3 is 2.43 bits per heavy atom. The zero-order valence-electron chi connectivity index (χ0n) is 17.6. The summed E-state index contributed by atoms with van der Waals surface area (Å²) in [5.41, 5.74) is 2.34. The summed E-state index contributed by atoms with van der Waals surface area (Å²) in [5.74, 6) is 2.30. The van der Waals surface area contributed by atoms with Crippen LogP contribution in [0.2, 0.25) is 5.02 Å². The highest BCUT2D eigenvalue weighted by atomic mass is 127. The number of halogens is 2. The van der Waals surface area contributed by atoms with Crippen molar-refractivity contribution in [3.63, 3.8) is 0 Å². The van der Waals surface area contributed by atoms with E-state index in [1.807, 2.05) is 44.2 Å². The minimum Gasteiger partial charge on any atom is -1.00 e. The van der Waals surface area contributed by atoms with Gasteiger partial charge in [-0.3, -0.25) is 4.48 Å². The molecule has 0 saturated carbocycles. The molecule has 0 radical (unpaired) electrons. The van der Waals surface area contributed by atoms with Crippen molar-refractivity contribution in [2.24, 2.45) is 0 Å². The number of likely N-dealkylation sites (tertiary alicyclic amines) is 1. The van der Waals surface area contributed by atoms with Crippen molar-refractivity contribution in [2.45, 2.75) is 25.7 Å². The summed E-state index contributed by atoms with van der Waals surface area (Å²) in [7, 11) is 2.16. The molecule has 2 aliphatic rings. The maximum atomic E-state index is 12.4. The third-order valence-corrected chi connectivity index (χ3v) is 6.43. The molecule has 30 heavy (non-hydrogen) atoms. The number of para-hydroxylation sites is 1. The standard InChI is InChI=1S/C23H28ClN2O3.HI/c1-4-25(5-2)23(27)28-15-26(3)13-19-17-8-6-7-9-21(17)29-22-11-10-16(24)12-18(22)20(19)14-26;/h6-12,19-20H,4-5,13-15H2,1-3H3;1H/q+1;/p-1. The summed E-state index contributed by atoms with van der Waals surface area (Å²) in [6.45, 7) is 7.34. The first-order valence-corrected chi connectivity index (χ1v) is 10.6. The fourth-order valence-corrected chi connectivity index (χ4v) is 4.88. The molecule has 1 saturated heterocycles. The third kappa shape index (κ3) is 4.41. The lowest BCUT2D eigenvalue weighted by atomic mass is 9.84. The molecule has 4 rings (SSSR count). The van der Waals surface area contributed by atoms with Gasteiger partial charge >= 0.3 is 6.09 Å². The smallest absolute Gasteiger partial charge is 0.414 e. The van der Waals surface area contributed by atoms with Crippen LogP contribution in [-0.2, 0) is 4.74 Å². The molecular formula is C23H28ClIN2O3. The van der Waals surface area contributed by atoms with Crippen LogP contribution in [0.3, 0.4) is 0 Å². The number of amides is 1. The van der Waals surface area contributed by atoms with Gasteiger partial charge < -0.3 is 38.4 Å². The van der Waals surface area contributed by atoms with Gasteiger partial charge in [0.15, 0.2) is 0 Å². The molecule has 0 bridgehead atoms. The Kier molecular flexibility index (Phi) is 7.20. The predicted molar refractivity (Wildman–Crippen MR) is 114 cm³/mol. The SMILES string of the molecule is CCN(CC)C(=O)OC[N+]1(C)CC2c3ccccc3Oc3ccc(Cl)cc3C2C1.[I-]. The van der Waals surface area contributed by atoms with Crippen LogP contribution < -0.4 is 28.7 Å². The molecule has 3 unspecified atom stereocenters. The van der Waals surface area contributed by atoms with Crippen molar-refractivity contribution in [3.8, 4) is 11.5 Å². The number of carbonyl (C=O) groups excluding carboxylic acids is 1. The number of carbonyl (C=O) groups is 1. The molecule has 0 aromatic heterocycles. The van der Waals surface area contributed by atoms with Crippen molar-refractivity contribution in [1.82, 2.24) is 4.90 Å². The number of nitrogens with zero attached hydrogens (tertiary/aromatic N) is 2. The lowest BCUT2D eigenvalue weighted by Gasteiger charge is -2.30. The minimum absolute atomic E-state index is 0. The second kappa shape index (κ2) is 9.32. The van der Waals surface area contributed by atoms with Crippen LogP contribution in [0, 0.1) is 0 Å². The first kappa shape index (κ1) is 23.2. The van der Waals surface area contributed by atoms with E-state index in [2.05, 4.69) is 19.2 Å².